The summed E-state index contributed by atoms with van der Waals surface area (Å²) >= 11 is 5.94. The number of nitrogens with zero attached hydrogens (tertiary/aromatic N) is 3. The van der Waals surface area contributed by atoms with Crippen LogP contribution in [0.4, 0.5) is 0 Å². The molecule has 2 N–H and O–H groups in total. The smallest absolute Gasteiger partial charge is 0.253 e. The molecule has 0 radical (unpaired) electrons. The van der Waals surface area contributed by atoms with Gasteiger partial charge in [-0.15, -0.1) is 0 Å². The first-order chi connectivity index (χ1) is 15.5. The molecule has 166 valence electrons. The lowest BCUT2D eigenvalue weighted by molar-refractivity contribution is -0.134. The van der Waals surface area contributed by atoms with Gasteiger partial charge in [0.05, 0.1) is 24.5 Å². The number of hydrogen-bond acceptors (Lipinski definition) is 6. The zero-order chi connectivity index (χ0) is 22.5. The van der Waals surface area contributed by atoms with E-state index in [2.05, 4.69) is 15.3 Å². The molecule has 2 amide bonds. The number of aromatic nitrogens is 2. The number of halogens is 1. The number of rotatable bonds is 6. The zero-order valence-electron chi connectivity index (χ0n) is 17.3. The van der Waals surface area contributed by atoms with Crippen LogP contribution in [0.25, 0.3) is 0 Å². The number of aromatic hydroxyl groups is 1. The SMILES string of the molecule is O=C(NCC(=O)N1CCCC[C@H]1c1ncc(Cc2ccc(Cl)cc2)o1)c1cncc(O)c1. The summed E-state index contributed by atoms with van der Waals surface area (Å²) in [7, 11) is 0. The number of carbonyl (C=O) groups is 2. The summed E-state index contributed by atoms with van der Waals surface area (Å²) in [5.74, 6) is 0.416. The van der Waals surface area contributed by atoms with Crippen molar-refractivity contribution >= 4 is 23.4 Å². The number of oxazole rings is 1. The summed E-state index contributed by atoms with van der Waals surface area (Å²) in [6, 6.07) is 8.56. The van der Waals surface area contributed by atoms with Crippen molar-refractivity contribution in [2.45, 2.75) is 31.7 Å². The summed E-state index contributed by atoms with van der Waals surface area (Å²) < 4.78 is 5.98. The second-order valence-corrected chi connectivity index (χ2v) is 8.12. The van der Waals surface area contributed by atoms with Crippen molar-refractivity contribution in [2.75, 3.05) is 13.1 Å². The van der Waals surface area contributed by atoms with Crippen molar-refractivity contribution in [1.82, 2.24) is 20.2 Å². The van der Waals surface area contributed by atoms with Crippen LogP contribution in [0.3, 0.4) is 0 Å². The molecule has 0 aliphatic carbocycles. The van der Waals surface area contributed by atoms with Gasteiger partial charge in [-0.25, -0.2) is 4.98 Å². The molecule has 9 heteroatoms. The third-order valence-corrected chi connectivity index (χ3v) is 5.61. The number of carbonyl (C=O) groups excluding carboxylic acids is 2. The Kier molecular flexibility index (Phi) is 6.70. The average molecular weight is 455 g/mol. The van der Waals surface area contributed by atoms with E-state index in [9.17, 15) is 14.7 Å². The molecular weight excluding hydrogens is 432 g/mol. The summed E-state index contributed by atoms with van der Waals surface area (Å²) in [6.45, 7) is 0.408. The molecule has 0 bridgehead atoms. The highest BCUT2D eigenvalue weighted by Crippen LogP contribution is 2.31. The van der Waals surface area contributed by atoms with E-state index in [4.69, 9.17) is 16.0 Å². The maximum atomic E-state index is 12.9. The topological polar surface area (TPSA) is 109 Å². The molecule has 0 unspecified atom stereocenters. The molecule has 0 saturated carbocycles. The van der Waals surface area contributed by atoms with Gasteiger partial charge in [-0.1, -0.05) is 23.7 Å². The number of nitrogens with one attached hydrogen (secondary N) is 1. The Balaban J connectivity index is 1.40. The van der Waals surface area contributed by atoms with Crippen molar-refractivity contribution < 1.29 is 19.1 Å². The molecule has 1 aliphatic rings. The van der Waals surface area contributed by atoms with Crippen molar-refractivity contribution in [3.63, 3.8) is 0 Å². The van der Waals surface area contributed by atoms with Crippen LogP contribution in [0, 0.1) is 0 Å². The molecule has 1 atom stereocenters. The minimum Gasteiger partial charge on any atom is -0.506 e. The summed E-state index contributed by atoms with van der Waals surface area (Å²) in [4.78, 5) is 35.1. The van der Waals surface area contributed by atoms with E-state index in [1.54, 1.807) is 11.1 Å². The molecule has 2 aromatic heterocycles. The van der Waals surface area contributed by atoms with Gasteiger partial charge >= 0.3 is 0 Å². The normalized spacial score (nSPS) is 16.0. The van der Waals surface area contributed by atoms with E-state index >= 15 is 0 Å². The largest absolute Gasteiger partial charge is 0.506 e. The highest BCUT2D eigenvalue weighted by Gasteiger charge is 2.31. The molecule has 4 rings (SSSR count). The first kappa shape index (κ1) is 21.8. The van der Waals surface area contributed by atoms with Gasteiger partial charge in [-0.3, -0.25) is 14.6 Å². The summed E-state index contributed by atoms with van der Waals surface area (Å²) in [5, 5.41) is 12.7. The van der Waals surface area contributed by atoms with Crippen molar-refractivity contribution in [2.24, 2.45) is 0 Å². The van der Waals surface area contributed by atoms with Gasteiger partial charge in [0, 0.05) is 24.2 Å². The lowest BCUT2D eigenvalue weighted by Crippen LogP contribution is -2.44. The highest BCUT2D eigenvalue weighted by molar-refractivity contribution is 6.30. The standard InChI is InChI=1S/C23H23ClN4O4/c24-17-6-4-15(5-7-17)9-19-13-27-23(32-19)20-3-1-2-8-28(20)21(30)14-26-22(31)16-10-18(29)12-25-11-16/h4-7,10-13,20,29H,1-3,8-9,14H2,(H,26,31)/t20-/m0/s1. The van der Waals surface area contributed by atoms with Crippen molar-refractivity contribution in [3.05, 3.63) is 76.7 Å². The van der Waals surface area contributed by atoms with Crippen LogP contribution in [0.1, 0.15) is 52.9 Å². The maximum Gasteiger partial charge on any atom is 0.253 e. The predicted octanol–water partition coefficient (Wildman–Crippen LogP) is 3.50. The Labute approximate surface area is 190 Å². The number of amides is 2. The van der Waals surface area contributed by atoms with E-state index in [0.29, 0.717) is 29.6 Å². The third kappa shape index (κ3) is 5.26. The van der Waals surface area contributed by atoms with Gasteiger partial charge in [0.2, 0.25) is 11.8 Å². The van der Waals surface area contributed by atoms with Gasteiger partial charge < -0.3 is 19.7 Å². The fourth-order valence-electron chi connectivity index (χ4n) is 3.76. The number of likely N-dealkylation sites (tertiary alicyclic amines) is 1. The quantitative estimate of drug-likeness (QED) is 0.590. The van der Waals surface area contributed by atoms with E-state index in [1.165, 1.54) is 18.5 Å². The van der Waals surface area contributed by atoms with E-state index < -0.39 is 5.91 Å². The Morgan fingerprint density at radius 2 is 2.00 bits per heavy atom. The van der Waals surface area contributed by atoms with Crippen LogP contribution >= 0.6 is 11.6 Å². The fraction of sp³-hybridized carbons (Fsp3) is 0.304. The molecule has 1 aromatic carbocycles. The van der Waals surface area contributed by atoms with Crippen molar-refractivity contribution in [3.8, 4) is 5.75 Å². The zero-order valence-corrected chi connectivity index (χ0v) is 18.1. The van der Waals surface area contributed by atoms with Crippen LogP contribution in [-0.4, -0.2) is 44.9 Å². The molecule has 1 fully saturated rings. The second-order valence-electron chi connectivity index (χ2n) is 7.68. The average Bonchev–Trinajstić information content (AvgIpc) is 3.27. The second kappa shape index (κ2) is 9.82. The Hall–Kier alpha value is -3.39. The van der Waals surface area contributed by atoms with Gasteiger partial charge in [0.15, 0.2) is 0 Å². The highest BCUT2D eigenvalue weighted by atomic mass is 35.5. The Morgan fingerprint density at radius 1 is 1.19 bits per heavy atom. The summed E-state index contributed by atoms with van der Waals surface area (Å²) in [5.41, 5.74) is 1.24. The first-order valence-corrected chi connectivity index (χ1v) is 10.8. The molecule has 8 nitrogen and oxygen atoms in total. The number of piperidine rings is 1. The lowest BCUT2D eigenvalue weighted by atomic mass is 10.0. The molecule has 0 spiro atoms. The predicted molar refractivity (Wildman–Crippen MR) is 117 cm³/mol. The third-order valence-electron chi connectivity index (χ3n) is 5.36. The summed E-state index contributed by atoms with van der Waals surface area (Å²) in [6.07, 6.45) is 7.43. The fourth-order valence-corrected chi connectivity index (χ4v) is 3.89. The van der Waals surface area contributed by atoms with Crippen LogP contribution in [-0.2, 0) is 11.2 Å². The molecule has 1 saturated heterocycles. The molecular formula is C23H23ClN4O4. The van der Waals surface area contributed by atoms with E-state index in [1.807, 2.05) is 24.3 Å². The van der Waals surface area contributed by atoms with E-state index in [0.717, 1.165) is 24.8 Å². The van der Waals surface area contributed by atoms with Crippen LogP contribution in [0.2, 0.25) is 5.02 Å². The monoisotopic (exact) mass is 454 g/mol. The maximum absolute atomic E-state index is 12.9. The van der Waals surface area contributed by atoms with Gasteiger partial charge in [-0.2, -0.15) is 0 Å². The van der Waals surface area contributed by atoms with Gasteiger partial charge in [0.25, 0.3) is 5.91 Å². The molecule has 3 aromatic rings. The minimum absolute atomic E-state index is 0.113. The number of benzene rings is 1. The minimum atomic E-state index is -0.475. The van der Waals surface area contributed by atoms with Crippen molar-refractivity contribution in [1.29, 1.82) is 0 Å². The van der Waals surface area contributed by atoms with Crippen LogP contribution < -0.4 is 5.32 Å². The molecule has 3 heterocycles. The lowest BCUT2D eigenvalue weighted by Gasteiger charge is -2.33. The molecule has 32 heavy (non-hydrogen) atoms. The Bertz CT molecular complexity index is 1100. The number of pyridine rings is 1. The Morgan fingerprint density at radius 3 is 2.78 bits per heavy atom. The first-order valence-electron chi connectivity index (χ1n) is 10.4. The number of hydrogen-bond donors (Lipinski definition) is 2. The van der Waals surface area contributed by atoms with E-state index in [-0.39, 0.29) is 29.8 Å². The van der Waals surface area contributed by atoms with Gasteiger partial charge in [0.1, 0.15) is 17.6 Å². The molecule has 1 aliphatic heterocycles. The van der Waals surface area contributed by atoms with Crippen LogP contribution in [0.15, 0.2) is 53.3 Å². The van der Waals surface area contributed by atoms with Crippen LogP contribution in [0.5, 0.6) is 5.75 Å². The van der Waals surface area contributed by atoms with Gasteiger partial charge in [-0.05, 0) is 43.0 Å².